The number of rotatable bonds is 7. The predicted octanol–water partition coefficient (Wildman–Crippen LogP) is 5.74. The van der Waals surface area contributed by atoms with Crippen LogP contribution in [0.1, 0.15) is 57.3 Å². The Morgan fingerprint density at radius 1 is 1.00 bits per heavy atom. The molecule has 2 amide bonds. The summed E-state index contributed by atoms with van der Waals surface area (Å²) in [5.41, 5.74) is 2.86. The number of carbonyl (C=O) groups excluding carboxylic acids is 2. The molecule has 5 rings (SSSR count). The molecule has 0 radical (unpaired) electrons. The molecule has 1 N–H and O–H groups in total. The number of carbonyl (C=O) groups is 2. The minimum absolute atomic E-state index is 0.0730. The molecule has 0 saturated carbocycles. The Kier molecular flexibility index (Phi) is 7.65. The Morgan fingerprint density at radius 3 is 2.53 bits per heavy atom. The molecular weight excluding hydrogens is 476 g/mol. The van der Waals surface area contributed by atoms with Crippen LogP contribution in [0.15, 0.2) is 96.3 Å². The van der Waals surface area contributed by atoms with Gasteiger partial charge in [0.2, 0.25) is 0 Å². The normalized spacial score (nSPS) is 18.2. The highest BCUT2D eigenvalue weighted by Gasteiger charge is 2.33. The van der Waals surface area contributed by atoms with Crippen LogP contribution in [0.3, 0.4) is 0 Å². The topological polar surface area (TPSA) is 91.7 Å². The van der Waals surface area contributed by atoms with Gasteiger partial charge in [-0.1, -0.05) is 72.8 Å². The maximum absolute atomic E-state index is 13.3. The molecular formula is C31H30N4O3. The molecule has 1 saturated heterocycles. The number of pyridine rings is 1. The third-order valence-electron chi connectivity index (χ3n) is 7.54. The van der Waals surface area contributed by atoms with E-state index in [4.69, 9.17) is 0 Å². The summed E-state index contributed by atoms with van der Waals surface area (Å²) in [6, 6.07) is 28.4. The van der Waals surface area contributed by atoms with Gasteiger partial charge in [-0.25, -0.2) is 0 Å². The molecule has 3 atom stereocenters. The molecule has 2 heterocycles. The van der Waals surface area contributed by atoms with Gasteiger partial charge in [0, 0.05) is 37.0 Å². The molecule has 192 valence electrons. The third kappa shape index (κ3) is 5.38. The number of benzene rings is 3. The maximum Gasteiger partial charge on any atom is 0.318 e. The van der Waals surface area contributed by atoms with Crippen LogP contribution < -0.4 is 5.32 Å². The van der Waals surface area contributed by atoms with E-state index in [1.54, 1.807) is 0 Å². The summed E-state index contributed by atoms with van der Waals surface area (Å²) < 4.78 is 0. The van der Waals surface area contributed by atoms with Gasteiger partial charge in [-0.15, -0.1) is 4.91 Å². The zero-order chi connectivity index (χ0) is 26.5. The minimum atomic E-state index is -0.897. The summed E-state index contributed by atoms with van der Waals surface area (Å²) in [5, 5.41) is 8.63. The zero-order valence-corrected chi connectivity index (χ0v) is 21.3. The number of aromatic nitrogens is 1. The van der Waals surface area contributed by atoms with Crippen LogP contribution in [0, 0.1) is 10.8 Å². The van der Waals surface area contributed by atoms with E-state index in [0.717, 1.165) is 13.0 Å². The molecule has 3 aromatic carbocycles. The standard InChI is InChI=1S/C31H30N4O3/c1-21(26-13-7-11-23-10-5-6-12-28(23)26)32-19-25-20-35(17-16-27(25)22-8-3-2-4-9-22)31(37)29-15-14-24(18-33-29)30(36)34-38/h2-15,18,21,25,27,32H,16-17,19-20H2,1H3/t21-,25?,27?/m1/s1. The fourth-order valence-electron chi connectivity index (χ4n) is 5.49. The Labute approximate surface area is 221 Å². The number of hydrogen-bond donors (Lipinski definition) is 1. The zero-order valence-electron chi connectivity index (χ0n) is 21.3. The van der Waals surface area contributed by atoms with Crippen LogP contribution in [0.25, 0.3) is 10.8 Å². The molecule has 2 unspecified atom stereocenters. The summed E-state index contributed by atoms with van der Waals surface area (Å²) in [6.45, 7) is 4.14. The van der Waals surface area contributed by atoms with E-state index >= 15 is 0 Å². The SMILES string of the molecule is C[C@@H](NCC1CN(C(=O)c2ccc(C(=O)N=O)cn2)CCC1c1ccccc1)c1cccc2ccccc12. The molecule has 1 aliphatic heterocycles. The van der Waals surface area contributed by atoms with Crippen molar-refractivity contribution in [3.8, 4) is 0 Å². The van der Waals surface area contributed by atoms with Crippen molar-refractivity contribution in [1.29, 1.82) is 0 Å². The van der Waals surface area contributed by atoms with Gasteiger partial charge in [0.05, 0.1) is 5.56 Å². The second-order valence-corrected chi connectivity index (χ2v) is 9.84. The highest BCUT2D eigenvalue weighted by molar-refractivity contribution is 5.96. The van der Waals surface area contributed by atoms with Crippen molar-refractivity contribution >= 4 is 22.6 Å². The molecule has 7 heteroatoms. The lowest BCUT2D eigenvalue weighted by atomic mass is 9.80. The average Bonchev–Trinajstić information content (AvgIpc) is 2.99. The fourth-order valence-corrected chi connectivity index (χ4v) is 5.49. The highest BCUT2D eigenvalue weighted by atomic mass is 16.3. The highest BCUT2D eigenvalue weighted by Crippen LogP contribution is 2.34. The van der Waals surface area contributed by atoms with Crippen LogP contribution in [0.4, 0.5) is 0 Å². The Balaban J connectivity index is 1.34. The van der Waals surface area contributed by atoms with Crippen LogP contribution in [0.2, 0.25) is 0 Å². The van der Waals surface area contributed by atoms with Crippen LogP contribution in [-0.2, 0) is 0 Å². The first-order valence-electron chi connectivity index (χ1n) is 12.9. The lowest BCUT2D eigenvalue weighted by molar-refractivity contribution is 0.0639. The third-order valence-corrected chi connectivity index (χ3v) is 7.54. The van der Waals surface area contributed by atoms with E-state index in [-0.39, 0.29) is 29.1 Å². The van der Waals surface area contributed by atoms with Gasteiger partial charge >= 0.3 is 5.91 Å². The largest absolute Gasteiger partial charge is 0.337 e. The van der Waals surface area contributed by atoms with Gasteiger partial charge in [-0.3, -0.25) is 14.6 Å². The molecule has 0 bridgehead atoms. The fraction of sp³-hybridized carbons (Fsp3) is 0.258. The molecule has 1 aromatic heterocycles. The molecule has 1 fully saturated rings. The minimum Gasteiger partial charge on any atom is -0.337 e. The van der Waals surface area contributed by atoms with Crippen LogP contribution in [-0.4, -0.2) is 41.3 Å². The van der Waals surface area contributed by atoms with Crippen molar-refractivity contribution in [3.05, 3.63) is 118 Å². The summed E-state index contributed by atoms with van der Waals surface area (Å²) in [4.78, 5) is 41.3. The van der Waals surface area contributed by atoms with Crippen molar-refractivity contribution in [2.75, 3.05) is 19.6 Å². The lowest BCUT2D eigenvalue weighted by Crippen LogP contribution is -2.46. The van der Waals surface area contributed by atoms with Crippen molar-refractivity contribution in [2.24, 2.45) is 11.1 Å². The molecule has 4 aromatic rings. The number of amides is 2. The smallest absolute Gasteiger partial charge is 0.318 e. The Morgan fingerprint density at radius 2 is 1.76 bits per heavy atom. The maximum atomic E-state index is 13.3. The summed E-state index contributed by atoms with van der Waals surface area (Å²) in [5.74, 6) is -0.556. The number of nitrogens with zero attached hydrogens (tertiary/aromatic N) is 3. The van der Waals surface area contributed by atoms with E-state index in [2.05, 4.69) is 89.1 Å². The quantitative estimate of drug-likeness (QED) is 0.323. The lowest BCUT2D eigenvalue weighted by Gasteiger charge is -2.39. The van der Waals surface area contributed by atoms with E-state index in [1.807, 2.05) is 11.0 Å². The first-order chi connectivity index (χ1) is 18.5. The second-order valence-electron chi connectivity index (χ2n) is 9.84. The van der Waals surface area contributed by atoms with Crippen molar-refractivity contribution in [2.45, 2.75) is 25.3 Å². The monoisotopic (exact) mass is 506 g/mol. The van der Waals surface area contributed by atoms with Crippen molar-refractivity contribution in [1.82, 2.24) is 15.2 Å². The molecule has 38 heavy (non-hydrogen) atoms. The summed E-state index contributed by atoms with van der Waals surface area (Å²) in [7, 11) is 0. The molecule has 0 aliphatic carbocycles. The number of piperidine rings is 1. The van der Waals surface area contributed by atoms with Crippen molar-refractivity contribution in [3.63, 3.8) is 0 Å². The predicted molar refractivity (Wildman–Crippen MR) is 148 cm³/mol. The van der Waals surface area contributed by atoms with Gasteiger partial charge in [0.25, 0.3) is 5.91 Å². The summed E-state index contributed by atoms with van der Waals surface area (Å²) >= 11 is 0. The molecule has 1 aliphatic rings. The van der Waals surface area contributed by atoms with E-state index in [1.165, 1.54) is 40.2 Å². The number of nitrogens with one attached hydrogen (secondary N) is 1. The van der Waals surface area contributed by atoms with Gasteiger partial charge in [-0.05, 0) is 59.2 Å². The summed E-state index contributed by atoms with van der Waals surface area (Å²) in [6.07, 6.45) is 2.08. The van der Waals surface area contributed by atoms with Crippen LogP contribution >= 0.6 is 0 Å². The Hall–Kier alpha value is -4.23. The number of nitroso groups, excluding NO2 is 1. The van der Waals surface area contributed by atoms with E-state index < -0.39 is 5.91 Å². The van der Waals surface area contributed by atoms with Gasteiger partial charge < -0.3 is 10.2 Å². The van der Waals surface area contributed by atoms with Gasteiger partial charge in [0.1, 0.15) is 5.69 Å². The molecule has 0 spiro atoms. The first-order valence-corrected chi connectivity index (χ1v) is 12.9. The van der Waals surface area contributed by atoms with Gasteiger partial charge in [0.15, 0.2) is 0 Å². The van der Waals surface area contributed by atoms with Crippen LogP contribution in [0.5, 0.6) is 0 Å². The van der Waals surface area contributed by atoms with E-state index in [9.17, 15) is 14.5 Å². The van der Waals surface area contributed by atoms with Gasteiger partial charge in [-0.2, -0.15) is 0 Å². The van der Waals surface area contributed by atoms with Crippen molar-refractivity contribution < 1.29 is 9.59 Å². The van der Waals surface area contributed by atoms with E-state index in [0.29, 0.717) is 19.0 Å². The number of hydrogen-bond acceptors (Lipinski definition) is 5. The second kappa shape index (κ2) is 11.4. The molecule has 7 nitrogen and oxygen atoms in total. The number of fused-ring (bicyclic) bond motifs is 1. The Bertz CT molecular complexity index is 1430. The first kappa shape index (κ1) is 25.4. The average molecular weight is 507 g/mol. The number of likely N-dealkylation sites (tertiary alicyclic amines) is 1.